The molecular weight excluding hydrogens is 892 g/mol. The normalized spacial score (nSPS) is 18.6. The number of aromatic amines is 1. The Balaban J connectivity index is 0.898. The summed E-state index contributed by atoms with van der Waals surface area (Å²) in [4.78, 5) is 44.6. The van der Waals surface area contributed by atoms with Gasteiger partial charge in [0.15, 0.2) is 0 Å². The minimum absolute atomic E-state index is 0.108. The second-order valence-corrected chi connectivity index (χ2v) is 20.9. The summed E-state index contributed by atoms with van der Waals surface area (Å²) >= 11 is 6.27. The number of hydrogen-bond acceptors (Lipinski definition) is 12. The summed E-state index contributed by atoms with van der Waals surface area (Å²) in [5.74, 6) is 0.716. The summed E-state index contributed by atoms with van der Waals surface area (Å²) in [6.07, 6.45) is 10.3. The number of benzene rings is 3. The number of anilines is 4. The Morgan fingerprint density at radius 2 is 1.82 bits per heavy atom. The van der Waals surface area contributed by atoms with Crippen molar-refractivity contribution in [2.24, 2.45) is 11.3 Å². The summed E-state index contributed by atoms with van der Waals surface area (Å²) < 4.78 is 38.3. The molecular formula is C49H53ClN10O6S. The lowest BCUT2D eigenvalue weighted by Gasteiger charge is -2.39. The fraction of sp³-hybridized carbons (Fsp3) is 0.367. The number of carbonyl (C=O) groups is 1. The molecule has 6 aromatic rings. The number of halogens is 1. The Hall–Kier alpha value is -6.43. The van der Waals surface area contributed by atoms with Gasteiger partial charge in [0.25, 0.3) is 21.6 Å². The number of aromatic nitrogens is 4. The lowest BCUT2D eigenvalue weighted by Crippen LogP contribution is -2.47. The lowest BCUT2D eigenvalue weighted by molar-refractivity contribution is -0.384. The van der Waals surface area contributed by atoms with E-state index in [2.05, 4.69) is 60.4 Å². The number of piperazine rings is 1. The Morgan fingerprint density at radius 3 is 2.63 bits per heavy atom. The molecule has 16 nitrogen and oxygen atoms in total. The molecule has 1 amide bonds. The van der Waals surface area contributed by atoms with Gasteiger partial charge in [0.1, 0.15) is 29.5 Å². The molecule has 1 aliphatic carbocycles. The van der Waals surface area contributed by atoms with E-state index < -0.39 is 31.4 Å². The van der Waals surface area contributed by atoms with Crippen molar-refractivity contribution >= 4 is 72.6 Å². The van der Waals surface area contributed by atoms with E-state index in [0.717, 1.165) is 99.4 Å². The summed E-state index contributed by atoms with van der Waals surface area (Å²) in [5.41, 5.74) is 6.90. The number of hydrogen-bond donors (Lipinski definition) is 3. The molecule has 3 aromatic heterocycles. The summed E-state index contributed by atoms with van der Waals surface area (Å²) in [6.45, 7) is 10.5. The second-order valence-electron chi connectivity index (χ2n) is 18.8. The molecule has 0 saturated carbocycles. The fourth-order valence-corrected chi connectivity index (χ4v) is 11.1. The molecule has 0 radical (unpaired) electrons. The van der Waals surface area contributed by atoms with Crippen LogP contribution in [-0.4, -0.2) is 96.1 Å². The van der Waals surface area contributed by atoms with Crippen LogP contribution in [0.5, 0.6) is 5.88 Å². The van der Waals surface area contributed by atoms with Crippen molar-refractivity contribution in [3.8, 4) is 5.88 Å². The fourth-order valence-electron chi connectivity index (χ4n) is 9.96. The number of amides is 1. The Labute approximate surface area is 394 Å². The van der Waals surface area contributed by atoms with E-state index in [1.165, 1.54) is 28.8 Å². The minimum atomic E-state index is -4.58. The van der Waals surface area contributed by atoms with Gasteiger partial charge < -0.3 is 29.4 Å². The zero-order chi connectivity index (χ0) is 46.5. The first kappa shape index (κ1) is 44.4. The first-order valence-corrected chi connectivity index (χ1v) is 24.7. The van der Waals surface area contributed by atoms with Crippen molar-refractivity contribution < 1.29 is 22.9 Å². The number of nitro groups is 1. The molecule has 3 aliphatic heterocycles. The summed E-state index contributed by atoms with van der Waals surface area (Å²) in [6, 6.07) is 21.1. The SMILES string of the molecule is CC1(C)CCC(CN2CCN(c3ccc(C(=O)NS(=O)(=O)c4ccc(NCC5CCc6nccn6C5)c([N+](=O)[O-])c4)c(N4CCOc5nc6[nH]ccc6cc54)c3)CC2)=C(c2ccc(Cl)cc2)C1. The number of nitrogens with zero attached hydrogens (tertiary/aromatic N) is 7. The highest BCUT2D eigenvalue weighted by Crippen LogP contribution is 2.44. The van der Waals surface area contributed by atoms with Crippen LogP contribution in [0.15, 0.2) is 102 Å². The highest BCUT2D eigenvalue weighted by molar-refractivity contribution is 7.90. The Morgan fingerprint density at radius 1 is 1.00 bits per heavy atom. The molecule has 4 aliphatic rings. The molecule has 18 heteroatoms. The molecule has 1 fully saturated rings. The average Bonchev–Trinajstić information content (AvgIpc) is 4.00. The second kappa shape index (κ2) is 18.0. The first-order valence-electron chi connectivity index (χ1n) is 22.8. The summed E-state index contributed by atoms with van der Waals surface area (Å²) in [5, 5.41) is 17.1. The van der Waals surface area contributed by atoms with Crippen molar-refractivity contribution in [3.05, 3.63) is 129 Å². The van der Waals surface area contributed by atoms with Gasteiger partial charge in [-0.3, -0.25) is 19.8 Å². The number of allylic oxidation sites excluding steroid dienone is 1. The van der Waals surface area contributed by atoms with Gasteiger partial charge in [-0.1, -0.05) is 43.2 Å². The van der Waals surface area contributed by atoms with Crippen molar-refractivity contribution in [3.63, 3.8) is 0 Å². The molecule has 1 atom stereocenters. The standard InChI is InChI=1S/C49H53ClN10O6S/c1-49(2)15-13-35(40(28-49)33-4-6-36(50)7-5-33)31-56-19-21-57(22-20-56)37-8-10-39(42(26-37)59-23-24-66-48-44(59)25-34-14-16-52-46(34)54-48)47(61)55-67(64,65)38-9-11-41(43(27-38)60(62)63)53-29-32-3-12-45-51-17-18-58(45)30-32/h4-11,14,16-18,25-27,32,53H,3,12-13,15,19-24,28-31H2,1-2H3,(H,52,54)(H,55,61). The monoisotopic (exact) mass is 944 g/mol. The van der Waals surface area contributed by atoms with Gasteiger partial charge in [-0.2, -0.15) is 4.98 Å². The number of sulfonamides is 1. The average molecular weight is 946 g/mol. The van der Waals surface area contributed by atoms with Crippen molar-refractivity contribution in [1.29, 1.82) is 0 Å². The van der Waals surface area contributed by atoms with Crippen molar-refractivity contribution in [1.82, 2.24) is 29.1 Å². The number of H-pyrrole nitrogens is 1. The predicted molar refractivity (Wildman–Crippen MR) is 260 cm³/mol. The topological polar surface area (TPSA) is 184 Å². The molecule has 3 aromatic carbocycles. The number of aryl methyl sites for hydroxylation is 1. The van der Waals surface area contributed by atoms with E-state index in [1.54, 1.807) is 18.5 Å². The number of carbonyl (C=O) groups excluding carboxylic acids is 1. The molecule has 3 N–H and O–H groups in total. The molecule has 1 unspecified atom stereocenters. The van der Waals surface area contributed by atoms with E-state index in [9.17, 15) is 23.3 Å². The predicted octanol–water partition coefficient (Wildman–Crippen LogP) is 8.43. The maximum atomic E-state index is 14.4. The highest BCUT2D eigenvalue weighted by atomic mass is 35.5. The van der Waals surface area contributed by atoms with Gasteiger partial charge >= 0.3 is 0 Å². The minimum Gasteiger partial charge on any atom is -0.474 e. The highest BCUT2D eigenvalue weighted by Gasteiger charge is 2.32. The van der Waals surface area contributed by atoms with Crippen LogP contribution in [0.2, 0.25) is 5.02 Å². The third-order valence-electron chi connectivity index (χ3n) is 13.7. The Bertz CT molecular complexity index is 3010. The van der Waals surface area contributed by atoms with Crippen LogP contribution >= 0.6 is 11.6 Å². The molecule has 1 saturated heterocycles. The van der Waals surface area contributed by atoms with Crippen LogP contribution in [0.3, 0.4) is 0 Å². The van der Waals surface area contributed by atoms with E-state index in [1.807, 2.05) is 47.5 Å². The van der Waals surface area contributed by atoms with Crippen LogP contribution in [0.25, 0.3) is 16.6 Å². The summed E-state index contributed by atoms with van der Waals surface area (Å²) in [7, 11) is -4.58. The number of ether oxygens (including phenoxy) is 1. The Kier molecular flexibility index (Phi) is 11.9. The molecule has 0 bridgehead atoms. The van der Waals surface area contributed by atoms with Crippen LogP contribution in [0.4, 0.5) is 28.4 Å². The number of fused-ring (bicyclic) bond motifs is 3. The number of nitro benzene ring substituents is 1. The van der Waals surface area contributed by atoms with Crippen molar-refractivity contribution in [2.75, 3.05) is 67.5 Å². The third kappa shape index (κ3) is 9.32. The zero-order valence-electron chi connectivity index (χ0n) is 37.5. The number of nitrogens with one attached hydrogen (secondary N) is 3. The number of imidazole rings is 1. The zero-order valence-corrected chi connectivity index (χ0v) is 39.1. The van der Waals surface area contributed by atoms with Crippen LogP contribution < -0.4 is 24.6 Å². The number of pyridine rings is 1. The van der Waals surface area contributed by atoms with E-state index >= 15 is 0 Å². The third-order valence-corrected chi connectivity index (χ3v) is 15.3. The largest absolute Gasteiger partial charge is 0.474 e. The molecule has 348 valence electrons. The first-order chi connectivity index (χ1) is 32.3. The van der Waals surface area contributed by atoms with E-state index in [4.69, 9.17) is 21.3 Å². The maximum absolute atomic E-state index is 14.4. The molecule has 0 spiro atoms. The van der Waals surface area contributed by atoms with Gasteiger partial charge in [-0.15, -0.1) is 0 Å². The van der Waals surface area contributed by atoms with Crippen LogP contribution in [0, 0.1) is 21.4 Å². The van der Waals surface area contributed by atoms with E-state index in [0.29, 0.717) is 36.0 Å². The van der Waals surface area contributed by atoms with Crippen LogP contribution in [0.1, 0.15) is 61.3 Å². The maximum Gasteiger partial charge on any atom is 0.293 e. The van der Waals surface area contributed by atoms with Gasteiger partial charge in [-0.25, -0.2) is 18.1 Å². The van der Waals surface area contributed by atoms with Gasteiger partial charge in [0.05, 0.1) is 27.6 Å². The van der Waals surface area contributed by atoms with Gasteiger partial charge in [0.2, 0.25) is 5.88 Å². The number of rotatable bonds is 12. The van der Waals surface area contributed by atoms with Crippen LogP contribution in [-0.2, 0) is 23.0 Å². The molecule has 6 heterocycles. The van der Waals surface area contributed by atoms with E-state index in [-0.39, 0.29) is 29.2 Å². The molecule has 67 heavy (non-hydrogen) atoms. The van der Waals surface area contributed by atoms with Crippen molar-refractivity contribution in [2.45, 2.75) is 57.4 Å². The molecule has 10 rings (SSSR count). The quantitative estimate of drug-likeness (QED) is 0.0788. The van der Waals surface area contributed by atoms with Gasteiger partial charge in [0, 0.05) is 93.0 Å². The lowest BCUT2D eigenvalue weighted by atomic mass is 9.72. The smallest absolute Gasteiger partial charge is 0.293 e. The van der Waals surface area contributed by atoms with Gasteiger partial charge in [-0.05, 0) is 103 Å².